The van der Waals surface area contributed by atoms with Crippen molar-refractivity contribution in [3.8, 4) is 0 Å². The van der Waals surface area contributed by atoms with Gasteiger partial charge in [0.05, 0.1) is 6.54 Å². The first-order chi connectivity index (χ1) is 9.11. The quantitative estimate of drug-likeness (QED) is 0.805. The number of rotatable bonds is 4. The maximum atomic E-state index is 6.06. The van der Waals surface area contributed by atoms with E-state index in [4.69, 9.17) is 16.1 Å². The minimum atomic E-state index is 0.486. The molecule has 1 fully saturated rings. The smallest absolute Gasteiger partial charge is 0.135 e. The van der Waals surface area contributed by atoms with Crippen molar-refractivity contribution in [2.75, 3.05) is 11.9 Å². The highest BCUT2D eigenvalue weighted by atomic mass is 35.5. The molecule has 1 aliphatic rings. The summed E-state index contributed by atoms with van der Waals surface area (Å²) in [6, 6.07) is 3.70. The van der Waals surface area contributed by atoms with E-state index in [1.54, 1.807) is 6.07 Å². The van der Waals surface area contributed by atoms with Crippen molar-refractivity contribution in [1.82, 2.24) is 15.1 Å². The van der Waals surface area contributed by atoms with E-state index in [0.717, 1.165) is 35.9 Å². The Morgan fingerprint density at radius 3 is 2.79 bits per heavy atom. The van der Waals surface area contributed by atoms with Crippen LogP contribution in [0.3, 0.4) is 0 Å². The lowest BCUT2D eigenvalue weighted by Gasteiger charge is -2.17. The van der Waals surface area contributed by atoms with Crippen molar-refractivity contribution < 1.29 is 4.52 Å². The van der Waals surface area contributed by atoms with Crippen LogP contribution in [0.15, 0.2) is 16.7 Å². The molecule has 0 amide bonds. The maximum absolute atomic E-state index is 6.06. The molecule has 0 N–H and O–H groups in total. The first-order valence-electron chi connectivity index (χ1n) is 6.29. The summed E-state index contributed by atoms with van der Waals surface area (Å²) >= 11 is 6.06. The third kappa shape index (κ3) is 2.87. The van der Waals surface area contributed by atoms with Gasteiger partial charge in [-0.25, -0.2) is 9.97 Å². The summed E-state index contributed by atoms with van der Waals surface area (Å²) in [4.78, 5) is 10.9. The Morgan fingerprint density at radius 2 is 2.16 bits per heavy atom. The summed E-state index contributed by atoms with van der Waals surface area (Å²) in [6.07, 6.45) is 2.32. The van der Waals surface area contributed by atoms with Gasteiger partial charge in [-0.2, -0.15) is 0 Å². The average Bonchev–Trinajstić information content (AvgIpc) is 3.13. The monoisotopic (exact) mass is 278 g/mol. The molecule has 1 saturated carbocycles. The lowest BCUT2D eigenvalue weighted by atomic mass is 10.3. The van der Waals surface area contributed by atoms with Gasteiger partial charge in [-0.05, 0) is 19.8 Å². The number of aryl methyl sites for hydroxylation is 1. The van der Waals surface area contributed by atoms with Gasteiger partial charge in [0.1, 0.15) is 28.2 Å². The Labute approximate surface area is 116 Å². The minimum Gasteiger partial charge on any atom is -0.361 e. The van der Waals surface area contributed by atoms with E-state index in [2.05, 4.69) is 15.1 Å². The van der Waals surface area contributed by atoms with Crippen LogP contribution in [0.4, 0.5) is 5.82 Å². The Bertz CT molecular complexity index is 594. The lowest BCUT2D eigenvalue weighted by molar-refractivity contribution is 0.390. The summed E-state index contributed by atoms with van der Waals surface area (Å²) in [5, 5.41) is 4.48. The molecule has 2 heterocycles. The molecule has 100 valence electrons. The third-order valence-corrected chi connectivity index (χ3v) is 3.30. The molecule has 0 atom stereocenters. The number of nitrogens with zero attached hydrogens (tertiary/aromatic N) is 4. The van der Waals surface area contributed by atoms with Gasteiger partial charge in [0.25, 0.3) is 0 Å². The van der Waals surface area contributed by atoms with Gasteiger partial charge in [-0.15, -0.1) is 0 Å². The van der Waals surface area contributed by atoms with E-state index >= 15 is 0 Å². The highest BCUT2D eigenvalue weighted by Crippen LogP contribution is 2.39. The van der Waals surface area contributed by atoms with Gasteiger partial charge in [0.15, 0.2) is 0 Å². The van der Waals surface area contributed by atoms with Crippen molar-refractivity contribution in [2.45, 2.75) is 32.2 Å². The second kappa shape index (κ2) is 4.81. The fourth-order valence-electron chi connectivity index (χ4n) is 1.96. The van der Waals surface area contributed by atoms with Crippen LogP contribution < -0.4 is 4.90 Å². The Hall–Kier alpha value is -1.62. The van der Waals surface area contributed by atoms with Crippen molar-refractivity contribution in [2.24, 2.45) is 0 Å². The molecule has 0 saturated heterocycles. The molecule has 0 unspecified atom stereocenters. The molecule has 6 heteroatoms. The fraction of sp³-hybridized carbons (Fsp3) is 0.462. The Morgan fingerprint density at radius 1 is 1.37 bits per heavy atom. The summed E-state index contributed by atoms with van der Waals surface area (Å²) in [6.45, 7) is 2.51. The zero-order chi connectivity index (χ0) is 13.4. The van der Waals surface area contributed by atoms with E-state index in [1.165, 1.54) is 0 Å². The largest absolute Gasteiger partial charge is 0.361 e. The molecule has 0 aromatic carbocycles. The minimum absolute atomic E-state index is 0.486. The molecule has 0 aliphatic heterocycles. The van der Waals surface area contributed by atoms with Gasteiger partial charge in [-0.3, -0.25) is 0 Å². The molecular weight excluding hydrogens is 264 g/mol. The standard InChI is InChI=1S/C13H15ClN4O/c1-8-5-10(17-19-8)7-18(2)12-6-11(14)15-13(16-12)9-3-4-9/h5-6,9H,3-4,7H2,1-2H3. The summed E-state index contributed by atoms with van der Waals surface area (Å²) in [7, 11) is 1.96. The summed E-state index contributed by atoms with van der Waals surface area (Å²) in [5.41, 5.74) is 0.878. The molecule has 2 aromatic heterocycles. The Kier molecular flexibility index (Phi) is 3.14. The molecule has 0 spiro atoms. The molecule has 2 aromatic rings. The molecule has 3 rings (SSSR count). The predicted octanol–water partition coefficient (Wildman–Crippen LogP) is 2.94. The van der Waals surface area contributed by atoms with Crippen molar-refractivity contribution in [1.29, 1.82) is 0 Å². The molecular formula is C13H15ClN4O. The highest BCUT2D eigenvalue weighted by molar-refractivity contribution is 6.29. The zero-order valence-corrected chi connectivity index (χ0v) is 11.7. The molecule has 1 aliphatic carbocycles. The fourth-order valence-corrected chi connectivity index (χ4v) is 2.14. The Balaban J connectivity index is 1.80. The van der Waals surface area contributed by atoms with Crippen LogP contribution in [0, 0.1) is 6.92 Å². The predicted molar refractivity (Wildman–Crippen MR) is 72.4 cm³/mol. The van der Waals surface area contributed by atoms with E-state index in [0.29, 0.717) is 17.6 Å². The van der Waals surface area contributed by atoms with Gasteiger partial charge < -0.3 is 9.42 Å². The van der Waals surface area contributed by atoms with Crippen LogP contribution in [0.1, 0.15) is 36.0 Å². The van der Waals surface area contributed by atoms with Crippen LogP contribution in [0.5, 0.6) is 0 Å². The topological polar surface area (TPSA) is 55.1 Å². The van der Waals surface area contributed by atoms with Crippen LogP contribution >= 0.6 is 11.6 Å². The zero-order valence-electron chi connectivity index (χ0n) is 10.9. The summed E-state index contributed by atoms with van der Waals surface area (Å²) in [5.74, 6) is 2.97. The first-order valence-corrected chi connectivity index (χ1v) is 6.67. The number of anilines is 1. The second-order valence-corrected chi connectivity index (χ2v) is 5.35. The number of hydrogen-bond donors (Lipinski definition) is 0. The molecule has 19 heavy (non-hydrogen) atoms. The lowest BCUT2D eigenvalue weighted by Crippen LogP contribution is -2.18. The third-order valence-electron chi connectivity index (χ3n) is 3.11. The van der Waals surface area contributed by atoms with Crippen LogP contribution in [0.25, 0.3) is 0 Å². The average molecular weight is 279 g/mol. The van der Waals surface area contributed by atoms with Crippen LogP contribution in [-0.2, 0) is 6.54 Å². The van der Waals surface area contributed by atoms with Gasteiger partial charge in [0.2, 0.25) is 0 Å². The van der Waals surface area contributed by atoms with Crippen molar-refractivity contribution >= 4 is 17.4 Å². The van der Waals surface area contributed by atoms with E-state index in [9.17, 15) is 0 Å². The number of aromatic nitrogens is 3. The van der Waals surface area contributed by atoms with Crippen LogP contribution in [0.2, 0.25) is 5.15 Å². The SMILES string of the molecule is Cc1cc(CN(C)c2cc(Cl)nc(C3CC3)n2)no1. The normalized spacial score (nSPS) is 14.7. The van der Waals surface area contributed by atoms with Crippen molar-refractivity contribution in [3.63, 3.8) is 0 Å². The van der Waals surface area contributed by atoms with E-state index in [1.807, 2.05) is 24.9 Å². The van der Waals surface area contributed by atoms with Gasteiger partial charge in [0, 0.05) is 25.1 Å². The number of halogens is 1. The first kappa shape index (κ1) is 12.4. The van der Waals surface area contributed by atoms with E-state index in [-0.39, 0.29) is 0 Å². The summed E-state index contributed by atoms with van der Waals surface area (Å²) < 4.78 is 5.06. The highest BCUT2D eigenvalue weighted by Gasteiger charge is 2.27. The van der Waals surface area contributed by atoms with Crippen molar-refractivity contribution in [3.05, 3.63) is 34.6 Å². The van der Waals surface area contributed by atoms with Crippen LogP contribution in [-0.4, -0.2) is 22.2 Å². The molecule has 5 nitrogen and oxygen atoms in total. The van der Waals surface area contributed by atoms with Gasteiger partial charge in [-0.1, -0.05) is 16.8 Å². The maximum Gasteiger partial charge on any atom is 0.135 e. The molecule has 0 radical (unpaired) electrons. The van der Waals surface area contributed by atoms with Gasteiger partial charge >= 0.3 is 0 Å². The number of hydrogen-bond acceptors (Lipinski definition) is 5. The molecule has 0 bridgehead atoms. The second-order valence-electron chi connectivity index (χ2n) is 4.97. The van der Waals surface area contributed by atoms with E-state index < -0.39 is 0 Å².